The smallest absolute Gasteiger partial charge is 0.297 e. The maximum atomic E-state index is 12.8. The van der Waals surface area contributed by atoms with Gasteiger partial charge >= 0.3 is 0 Å². The van der Waals surface area contributed by atoms with Crippen molar-refractivity contribution in [1.29, 1.82) is 0 Å². The minimum Gasteiger partial charge on any atom is -0.726 e. The molecule has 1 heterocycles. The van der Waals surface area contributed by atoms with Crippen LogP contribution in [0.2, 0.25) is 0 Å². The molecule has 0 spiro atoms. The summed E-state index contributed by atoms with van der Waals surface area (Å²) in [5, 5.41) is 0. The number of methoxy groups -OCH3 is 2. The summed E-state index contributed by atoms with van der Waals surface area (Å²) < 4.78 is 74.8. The van der Waals surface area contributed by atoms with Gasteiger partial charge in [0.25, 0.3) is 10.1 Å². The molecular formula is C29H37NO9S2. The molecule has 0 atom stereocenters. The fourth-order valence-corrected chi connectivity index (χ4v) is 6.30. The molecule has 12 heteroatoms. The summed E-state index contributed by atoms with van der Waals surface area (Å²) in [7, 11) is -4.93. The zero-order chi connectivity index (χ0) is 30.3. The predicted octanol–water partition coefficient (Wildman–Crippen LogP) is 4.21. The zero-order valence-electron chi connectivity index (χ0n) is 23.8. The molecule has 1 aliphatic heterocycles. The minimum atomic E-state index is -4.42. The lowest BCUT2D eigenvalue weighted by atomic mass is 9.89. The highest BCUT2D eigenvalue weighted by atomic mass is 32.3. The van der Waals surface area contributed by atoms with E-state index in [-0.39, 0.29) is 23.6 Å². The Morgan fingerprint density at radius 1 is 0.805 bits per heavy atom. The van der Waals surface area contributed by atoms with E-state index < -0.39 is 20.5 Å². The number of aryl methyl sites for hydroxylation is 1. The highest BCUT2D eigenvalue weighted by Gasteiger charge is 2.51. The van der Waals surface area contributed by atoms with Crippen molar-refractivity contribution in [2.45, 2.75) is 37.8 Å². The van der Waals surface area contributed by atoms with Crippen LogP contribution in [0.15, 0.2) is 77.7 Å². The van der Waals surface area contributed by atoms with Crippen LogP contribution in [0, 0.1) is 6.92 Å². The Balaban J connectivity index is 0.000000587. The topological polar surface area (TPSA) is 128 Å². The first-order valence-corrected chi connectivity index (χ1v) is 15.8. The number of hydrogen-bond donors (Lipinski definition) is 0. The molecule has 224 valence electrons. The molecule has 3 aromatic carbocycles. The van der Waals surface area contributed by atoms with E-state index in [1.165, 1.54) is 6.92 Å². The van der Waals surface area contributed by atoms with Crippen molar-refractivity contribution in [3.63, 3.8) is 0 Å². The third-order valence-electron chi connectivity index (χ3n) is 7.01. The first-order valence-electron chi connectivity index (χ1n) is 13.1. The van der Waals surface area contributed by atoms with Crippen LogP contribution in [-0.2, 0) is 28.9 Å². The van der Waals surface area contributed by atoms with Gasteiger partial charge in [-0.25, -0.2) is 8.42 Å². The standard InChI is InChI=1S/C27H32NO5S.C2H6O4S/c1-5-28(18-25(19-28)33-34(29,30)26-16-6-20(2)7-17-26)27(21-8-12-23(31-3)13-9-21)22-10-14-24(32-4)15-11-22;1-2-6-7(3,4)5/h6-17,25,27H,5,18-19H2,1-4H3;2H2,1H3,(H,3,4,5)/q+1;/p-1. The summed E-state index contributed by atoms with van der Waals surface area (Å²) in [4.78, 5) is 0.196. The number of likely N-dealkylation sites (tertiary alicyclic amines) is 1. The largest absolute Gasteiger partial charge is 0.726 e. The Morgan fingerprint density at radius 2 is 1.27 bits per heavy atom. The number of quaternary nitrogens is 1. The number of nitrogens with zero attached hydrogens (tertiary/aromatic N) is 1. The molecule has 0 aromatic heterocycles. The Hall–Kier alpha value is -3.00. The van der Waals surface area contributed by atoms with Crippen molar-refractivity contribution in [2.75, 3.05) is 40.5 Å². The van der Waals surface area contributed by atoms with Crippen molar-refractivity contribution in [1.82, 2.24) is 0 Å². The van der Waals surface area contributed by atoms with Gasteiger partial charge in [0, 0.05) is 11.1 Å². The van der Waals surface area contributed by atoms with Gasteiger partial charge in [-0.15, -0.1) is 0 Å². The maximum absolute atomic E-state index is 12.8. The minimum absolute atomic E-state index is 0.0312. The van der Waals surface area contributed by atoms with Crippen LogP contribution in [0.25, 0.3) is 0 Å². The van der Waals surface area contributed by atoms with Crippen molar-refractivity contribution in [3.05, 3.63) is 89.5 Å². The van der Waals surface area contributed by atoms with Crippen LogP contribution in [0.5, 0.6) is 11.5 Å². The van der Waals surface area contributed by atoms with E-state index in [0.29, 0.717) is 17.6 Å². The van der Waals surface area contributed by atoms with E-state index in [1.807, 2.05) is 31.2 Å². The van der Waals surface area contributed by atoms with Crippen molar-refractivity contribution < 1.29 is 43.7 Å². The Labute approximate surface area is 243 Å². The molecule has 3 aromatic rings. The number of benzene rings is 3. The second-order valence-corrected chi connectivity index (χ2v) is 12.3. The second kappa shape index (κ2) is 13.8. The molecule has 41 heavy (non-hydrogen) atoms. The van der Waals surface area contributed by atoms with Crippen molar-refractivity contribution in [2.24, 2.45) is 0 Å². The highest BCUT2D eigenvalue weighted by Crippen LogP contribution is 2.42. The van der Waals surface area contributed by atoms with Crippen molar-refractivity contribution in [3.8, 4) is 11.5 Å². The summed E-state index contributed by atoms with van der Waals surface area (Å²) >= 11 is 0. The highest BCUT2D eigenvalue weighted by molar-refractivity contribution is 7.86. The molecule has 0 amide bonds. The lowest BCUT2D eigenvalue weighted by molar-refractivity contribution is -0.991. The maximum Gasteiger partial charge on any atom is 0.297 e. The van der Waals surface area contributed by atoms with Gasteiger partial charge in [0.15, 0.2) is 6.10 Å². The third-order valence-corrected chi connectivity index (χ3v) is 8.91. The van der Waals surface area contributed by atoms with Crippen molar-refractivity contribution >= 4 is 20.5 Å². The fourth-order valence-electron chi connectivity index (χ4n) is 4.95. The summed E-state index contributed by atoms with van der Waals surface area (Å²) in [5.74, 6) is 1.60. The molecule has 0 bridgehead atoms. The van der Waals surface area contributed by atoms with Gasteiger partial charge < -0.3 is 18.5 Å². The molecule has 0 radical (unpaired) electrons. The van der Waals surface area contributed by atoms with Crippen LogP contribution in [0.1, 0.15) is 36.6 Å². The van der Waals surface area contributed by atoms with Crippen LogP contribution in [0.4, 0.5) is 0 Å². The van der Waals surface area contributed by atoms with Crippen LogP contribution < -0.4 is 9.47 Å². The normalized spacial score (nSPS) is 18.7. The summed E-state index contributed by atoms with van der Waals surface area (Å²) in [6.45, 7) is 7.45. The quantitative estimate of drug-likeness (QED) is 0.136. The summed E-state index contributed by atoms with van der Waals surface area (Å²) in [6.07, 6.45) is -0.370. The van der Waals surface area contributed by atoms with E-state index in [0.717, 1.165) is 34.7 Å². The molecule has 1 fully saturated rings. The van der Waals surface area contributed by atoms with Crippen LogP contribution in [-0.4, -0.2) is 72.4 Å². The Morgan fingerprint density at radius 3 is 1.61 bits per heavy atom. The van der Waals surface area contributed by atoms with Gasteiger partial charge in [0.2, 0.25) is 10.4 Å². The predicted molar refractivity (Wildman–Crippen MR) is 153 cm³/mol. The Kier molecular flexibility index (Phi) is 10.9. The van der Waals surface area contributed by atoms with E-state index >= 15 is 0 Å². The van der Waals surface area contributed by atoms with E-state index in [2.05, 4.69) is 35.4 Å². The average molecular weight is 608 g/mol. The van der Waals surface area contributed by atoms with Gasteiger partial charge in [-0.1, -0.05) is 17.7 Å². The van der Waals surface area contributed by atoms with E-state index in [1.54, 1.807) is 38.5 Å². The van der Waals surface area contributed by atoms with Gasteiger partial charge in [-0.3, -0.25) is 8.37 Å². The molecule has 0 unspecified atom stereocenters. The average Bonchev–Trinajstić information content (AvgIpc) is 2.92. The number of ether oxygens (including phenoxy) is 2. The lowest BCUT2D eigenvalue weighted by Crippen LogP contribution is -2.68. The number of rotatable bonds is 11. The van der Waals surface area contributed by atoms with E-state index in [9.17, 15) is 21.4 Å². The molecule has 10 nitrogen and oxygen atoms in total. The molecule has 0 N–H and O–H groups in total. The number of likely N-dealkylation sites (N-methyl/N-ethyl adjacent to an activating group) is 1. The van der Waals surface area contributed by atoms with Crippen LogP contribution in [0.3, 0.4) is 0 Å². The number of hydrogen-bond acceptors (Lipinski definition) is 9. The third kappa shape index (κ3) is 8.51. The van der Waals surface area contributed by atoms with Gasteiger partial charge in [0.05, 0.1) is 32.3 Å². The monoisotopic (exact) mass is 607 g/mol. The molecule has 1 saturated heterocycles. The molecule has 1 aliphatic rings. The van der Waals surface area contributed by atoms with E-state index in [4.69, 9.17) is 13.7 Å². The lowest BCUT2D eigenvalue weighted by Gasteiger charge is -2.53. The fraction of sp³-hybridized carbons (Fsp3) is 0.379. The SMILES string of the molecule is CCOS(=O)(=O)[O-].CC[N+]1(C(c2ccc(OC)cc2)c2ccc(OC)cc2)CC(OS(=O)(=O)c2ccc(C)cc2)C1. The van der Waals surface area contributed by atoms with Gasteiger partial charge in [0.1, 0.15) is 30.6 Å². The molecule has 0 aliphatic carbocycles. The summed E-state index contributed by atoms with van der Waals surface area (Å²) in [6, 6.07) is 23.0. The second-order valence-electron chi connectivity index (χ2n) is 9.65. The van der Waals surface area contributed by atoms with Gasteiger partial charge in [-0.05, 0) is 81.4 Å². The molecule has 0 saturated carbocycles. The first-order chi connectivity index (χ1) is 19.4. The van der Waals surface area contributed by atoms with Gasteiger partial charge in [-0.2, -0.15) is 8.42 Å². The van der Waals surface area contributed by atoms with Crippen LogP contribution >= 0.6 is 0 Å². The zero-order valence-corrected chi connectivity index (χ0v) is 25.5. The summed E-state index contributed by atoms with van der Waals surface area (Å²) in [5.41, 5.74) is 3.30. The molecular weight excluding hydrogens is 570 g/mol. The molecule has 4 rings (SSSR count). The Bertz CT molecular complexity index is 1420. The first kappa shape index (κ1) is 32.5.